The van der Waals surface area contributed by atoms with Gasteiger partial charge in [0.2, 0.25) is 5.91 Å². The van der Waals surface area contributed by atoms with Gasteiger partial charge in [-0.25, -0.2) is 0 Å². The Labute approximate surface area is 116 Å². The Morgan fingerprint density at radius 2 is 2.21 bits per heavy atom. The minimum Gasteiger partial charge on any atom is -0.311 e. The molecule has 0 aliphatic rings. The molecule has 0 saturated heterocycles. The third kappa shape index (κ3) is 2.57. The van der Waals surface area contributed by atoms with E-state index in [0.29, 0.717) is 10.8 Å². The predicted octanol–water partition coefficient (Wildman–Crippen LogP) is 1.95. The summed E-state index contributed by atoms with van der Waals surface area (Å²) in [6.45, 7) is 2.32. The predicted molar refractivity (Wildman–Crippen MR) is 77.7 cm³/mol. The summed E-state index contributed by atoms with van der Waals surface area (Å²) in [5.41, 5.74) is 2.12. The number of hydrogen-bond acceptors (Lipinski definition) is 3. The molecule has 0 saturated carbocycles. The zero-order valence-corrected chi connectivity index (χ0v) is 12.0. The van der Waals surface area contributed by atoms with Crippen molar-refractivity contribution >= 4 is 34.2 Å². The van der Waals surface area contributed by atoms with Gasteiger partial charge in [0.15, 0.2) is 5.82 Å². The summed E-state index contributed by atoms with van der Waals surface area (Å²) in [6.07, 6.45) is 0.886. The van der Waals surface area contributed by atoms with Crippen LogP contribution in [0.25, 0.3) is 10.9 Å². The normalized spacial score (nSPS) is 10.9. The van der Waals surface area contributed by atoms with E-state index < -0.39 is 0 Å². The number of nitrogens with zero attached hydrogens (tertiary/aromatic N) is 2. The van der Waals surface area contributed by atoms with Gasteiger partial charge in [0.25, 0.3) is 0 Å². The molecule has 1 heterocycles. The molecule has 2 N–H and O–H groups in total. The molecule has 0 fully saturated rings. The summed E-state index contributed by atoms with van der Waals surface area (Å²) in [6, 6.07) is 3.84. The Hall–Kier alpha value is -1.59. The first-order valence-corrected chi connectivity index (χ1v) is 6.54. The average molecular weight is 281 g/mol. The SMILES string of the molecule is CCc1ccc(Cl)c2c(NC(=O)CNC)nn(C)c12. The fourth-order valence-electron chi connectivity index (χ4n) is 2.16. The van der Waals surface area contributed by atoms with Gasteiger partial charge in [0.05, 0.1) is 22.5 Å². The molecule has 0 unspecified atom stereocenters. The van der Waals surface area contributed by atoms with Gasteiger partial charge in [-0.15, -0.1) is 0 Å². The van der Waals surface area contributed by atoms with Crippen molar-refractivity contribution in [1.82, 2.24) is 15.1 Å². The number of aromatic nitrogens is 2. The number of hydrogen-bond donors (Lipinski definition) is 2. The molecule has 0 aliphatic heterocycles. The third-order valence-corrected chi connectivity index (χ3v) is 3.31. The van der Waals surface area contributed by atoms with Gasteiger partial charge in [-0.1, -0.05) is 24.6 Å². The molecule has 6 heteroatoms. The quantitative estimate of drug-likeness (QED) is 0.900. The van der Waals surface area contributed by atoms with Crippen molar-refractivity contribution in [3.8, 4) is 0 Å². The highest BCUT2D eigenvalue weighted by Gasteiger charge is 2.16. The smallest absolute Gasteiger partial charge is 0.239 e. The van der Waals surface area contributed by atoms with Crippen LogP contribution in [0.15, 0.2) is 12.1 Å². The molecule has 2 rings (SSSR count). The van der Waals surface area contributed by atoms with Crippen molar-refractivity contribution < 1.29 is 4.79 Å². The monoisotopic (exact) mass is 280 g/mol. The van der Waals surface area contributed by atoms with Crippen molar-refractivity contribution in [2.45, 2.75) is 13.3 Å². The standard InChI is InChI=1S/C13H17ClN4O/c1-4-8-5-6-9(14)11-12(8)18(3)17-13(11)16-10(19)7-15-2/h5-6,15H,4,7H2,1-3H3,(H,16,17,19). The Bertz CT molecular complexity index is 621. The average Bonchev–Trinajstić information content (AvgIpc) is 2.68. The van der Waals surface area contributed by atoms with E-state index in [-0.39, 0.29) is 12.5 Å². The fourth-order valence-corrected chi connectivity index (χ4v) is 2.41. The number of aryl methyl sites for hydroxylation is 2. The summed E-state index contributed by atoms with van der Waals surface area (Å²) in [7, 11) is 3.57. The lowest BCUT2D eigenvalue weighted by molar-refractivity contribution is -0.115. The maximum Gasteiger partial charge on any atom is 0.239 e. The zero-order valence-electron chi connectivity index (χ0n) is 11.2. The second kappa shape index (κ2) is 5.59. The van der Waals surface area contributed by atoms with Crippen LogP contribution in [0.3, 0.4) is 0 Å². The van der Waals surface area contributed by atoms with Crippen LogP contribution in [0.2, 0.25) is 5.02 Å². The van der Waals surface area contributed by atoms with Crippen LogP contribution in [0.4, 0.5) is 5.82 Å². The van der Waals surface area contributed by atoms with Crippen LogP contribution in [-0.4, -0.2) is 29.3 Å². The molecule has 2 aromatic rings. The summed E-state index contributed by atoms with van der Waals surface area (Å²) in [4.78, 5) is 11.7. The number of fused-ring (bicyclic) bond motifs is 1. The first-order chi connectivity index (χ1) is 9.08. The molecule has 0 radical (unpaired) electrons. The van der Waals surface area contributed by atoms with Crippen LogP contribution >= 0.6 is 11.6 Å². The molecule has 0 aliphatic carbocycles. The van der Waals surface area contributed by atoms with Crippen molar-refractivity contribution in [2.75, 3.05) is 18.9 Å². The molecule has 0 spiro atoms. The number of anilines is 1. The lowest BCUT2D eigenvalue weighted by atomic mass is 10.1. The van der Waals surface area contributed by atoms with E-state index in [0.717, 1.165) is 22.9 Å². The van der Waals surface area contributed by atoms with Gasteiger partial charge in [0, 0.05) is 7.05 Å². The minimum absolute atomic E-state index is 0.138. The number of benzene rings is 1. The summed E-state index contributed by atoms with van der Waals surface area (Å²) in [5, 5.41) is 11.3. The van der Waals surface area contributed by atoms with E-state index in [1.54, 1.807) is 11.7 Å². The van der Waals surface area contributed by atoms with E-state index in [9.17, 15) is 4.79 Å². The first kappa shape index (κ1) is 13.8. The number of carbonyl (C=O) groups excluding carboxylic acids is 1. The highest BCUT2D eigenvalue weighted by molar-refractivity contribution is 6.36. The van der Waals surface area contributed by atoms with Crippen molar-refractivity contribution in [3.63, 3.8) is 0 Å². The lowest BCUT2D eigenvalue weighted by Gasteiger charge is -2.04. The van der Waals surface area contributed by atoms with E-state index in [4.69, 9.17) is 11.6 Å². The van der Waals surface area contributed by atoms with Crippen LogP contribution in [0.1, 0.15) is 12.5 Å². The van der Waals surface area contributed by atoms with Crippen molar-refractivity contribution in [2.24, 2.45) is 7.05 Å². The molecule has 0 atom stereocenters. The van der Waals surface area contributed by atoms with Crippen molar-refractivity contribution in [1.29, 1.82) is 0 Å². The maximum absolute atomic E-state index is 11.7. The molecule has 5 nitrogen and oxygen atoms in total. The van der Waals surface area contributed by atoms with Gasteiger partial charge in [-0.05, 0) is 25.1 Å². The number of halogens is 1. The Morgan fingerprint density at radius 3 is 2.84 bits per heavy atom. The summed E-state index contributed by atoms with van der Waals surface area (Å²) >= 11 is 6.24. The van der Waals surface area contributed by atoms with Crippen LogP contribution in [-0.2, 0) is 18.3 Å². The number of nitrogens with one attached hydrogen (secondary N) is 2. The minimum atomic E-state index is -0.138. The maximum atomic E-state index is 11.7. The van der Waals surface area contributed by atoms with E-state index >= 15 is 0 Å². The third-order valence-electron chi connectivity index (χ3n) is 3.00. The van der Waals surface area contributed by atoms with Crippen LogP contribution in [0.5, 0.6) is 0 Å². The number of carbonyl (C=O) groups is 1. The Kier molecular flexibility index (Phi) is 4.07. The Balaban J connectivity index is 2.54. The number of amides is 1. The molecular weight excluding hydrogens is 264 g/mol. The molecule has 102 valence electrons. The molecule has 0 bridgehead atoms. The van der Waals surface area contributed by atoms with Crippen LogP contribution < -0.4 is 10.6 Å². The highest BCUT2D eigenvalue weighted by Crippen LogP contribution is 2.32. The lowest BCUT2D eigenvalue weighted by Crippen LogP contribution is -2.25. The Morgan fingerprint density at radius 1 is 1.47 bits per heavy atom. The topological polar surface area (TPSA) is 59.0 Å². The van der Waals surface area contributed by atoms with Gasteiger partial charge >= 0.3 is 0 Å². The first-order valence-electron chi connectivity index (χ1n) is 6.17. The molecule has 1 aromatic carbocycles. The molecular formula is C13H17ClN4O. The zero-order chi connectivity index (χ0) is 14.0. The summed E-state index contributed by atoms with van der Waals surface area (Å²) in [5.74, 6) is 0.374. The van der Waals surface area contributed by atoms with Gasteiger partial charge in [-0.2, -0.15) is 5.10 Å². The van der Waals surface area contributed by atoms with E-state index in [2.05, 4.69) is 22.7 Å². The van der Waals surface area contributed by atoms with Gasteiger partial charge in [-0.3, -0.25) is 9.48 Å². The fraction of sp³-hybridized carbons (Fsp3) is 0.385. The van der Waals surface area contributed by atoms with Crippen molar-refractivity contribution in [3.05, 3.63) is 22.7 Å². The van der Waals surface area contributed by atoms with E-state index in [1.165, 1.54) is 0 Å². The van der Waals surface area contributed by atoms with Gasteiger partial charge < -0.3 is 10.6 Å². The largest absolute Gasteiger partial charge is 0.311 e. The highest BCUT2D eigenvalue weighted by atomic mass is 35.5. The molecule has 19 heavy (non-hydrogen) atoms. The van der Waals surface area contributed by atoms with Gasteiger partial charge in [0.1, 0.15) is 0 Å². The molecule has 1 aromatic heterocycles. The summed E-state index contributed by atoms with van der Waals surface area (Å²) < 4.78 is 1.76. The van der Waals surface area contributed by atoms with E-state index in [1.807, 2.05) is 19.2 Å². The van der Waals surface area contributed by atoms with Crippen LogP contribution in [0, 0.1) is 0 Å². The second-order valence-electron chi connectivity index (χ2n) is 4.33. The number of likely N-dealkylation sites (N-methyl/N-ethyl adjacent to an activating group) is 1. The molecule has 1 amide bonds. The number of rotatable bonds is 4. The second-order valence-corrected chi connectivity index (χ2v) is 4.74.